The fraction of sp³-hybridized carbons (Fsp3) is 0.200. The molecule has 72 valence electrons. The second-order valence-electron chi connectivity index (χ2n) is 2.09. The van der Waals surface area contributed by atoms with Gasteiger partial charge in [-0.3, -0.25) is 9.78 Å². The molecule has 0 aliphatic carbocycles. The fourth-order valence-corrected chi connectivity index (χ4v) is 0.666. The van der Waals surface area contributed by atoms with Gasteiger partial charge in [-0.25, -0.2) is 4.79 Å². The number of hydrogen-bond acceptors (Lipinski definition) is 2. The van der Waals surface area contributed by atoms with Crippen molar-refractivity contribution in [3.8, 4) is 0 Å². The normalized spacial score (nSPS) is 11.7. The largest absolute Gasteiger partial charge is 0.434 e. The molecule has 13 heavy (non-hydrogen) atoms. The molecule has 0 bridgehead atoms. The van der Waals surface area contributed by atoms with Crippen molar-refractivity contribution >= 4 is 0 Å². The van der Waals surface area contributed by atoms with Crippen LogP contribution in [0.1, 0.15) is 5.69 Å². The Morgan fingerprint density at radius 3 is 2.08 bits per heavy atom. The molecule has 8 heteroatoms. The van der Waals surface area contributed by atoms with E-state index in [0.29, 0.717) is 0 Å². The third-order valence-electron chi connectivity index (χ3n) is 1.17. The van der Waals surface area contributed by atoms with Crippen molar-refractivity contribution in [2.45, 2.75) is 6.18 Å². The molecule has 1 aromatic heterocycles. The number of aromatic amines is 2. The van der Waals surface area contributed by atoms with Gasteiger partial charge in [0.1, 0.15) is 0 Å². The minimum absolute atomic E-state index is 1.15. The van der Waals surface area contributed by atoms with Crippen molar-refractivity contribution in [2.75, 3.05) is 0 Å². The van der Waals surface area contributed by atoms with Crippen LogP contribution >= 0.6 is 0 Å². The summed E-state index contributed by atoms with van der Waals surface area (Å²) in [4.78, 5) is 23.1. The number of nitrogens with one attached hydrogen (secondary N) is 2. The molecule has 0 aliphatic heterocycles. The summed E-state index contributed by atoms with van der Waals surface area (Å²) in [5, 5.41) is 0. The van der Waals surface area contributed by atoms with E-state index in [2.05, 4.69) is 0 Å². The zero-order valence-electron chi connectivity index (χ0n) is 5.83. The van der Waals surface area contributed by atoms with Gasteiger partial charge in [-0.2, -0.15) is 17.6 Å². The molecular formula is C5H2F4N2O2. The number of alkyl halides is 3. The van der Waals surface area contributed by atoms with Crippen LogP contribution in [0.25, 0.3) is 0 Å². The van der Waals surface area contributed by atoms with Crippen molar-refractivity contribution in [3.63, 3.8) is 0 Å². The van der Waals surface area contributed by atoms with Crippen molar-refractivity contribution in [1.29, 1.82) is 0 Å². The monoisotopic (exact) mass is 198 g/mol. The number of rotatable bonds is 0. The lowest BCUT2D eigenvalue weighted by molar-refractivity contribution is -0.144. The van der Waals surface area contributed by atoms with E-state index >= 15 is 0 Å². The van der Waals surface area contributed by atoms with Gasteiger partial charge in [0.2, 0.25) is 5.82 Å². The zero-order chi connectivity index (χ0) is 10.2. The smallest absolute Gasteiger partial charge is 0.301 e. The Labute approximate surface area is 67.2 Å². The number of hydrogen-bond donors (Lipinski definition) is 2. The number of aromatic nitrogens is 2. The van der Waals surface area contributed by atoms with Crippen LogP contribution in [-0.2, 0) is 6.18 Å². The molecular weight excluding hydrogens is 196 g/mol. The molecule has 1 heterocycles. The van der Waals surface area contributed by atoms with Crippen LogP contribution in [0.5, 0.6) is 0 Å². The first-order valence-corrected chi connectivity index (χ1v) is 2.91. The van der Waals surface area contributed by atoms with Crippen molar-refractivity contribution in [2.24, 2.45) is 0 Å². The van der Waals surface area contributed by atoms with Crippen LogP contribution in [0.15, 0.2) is 9.59 Å². The Morgan fingerprint density at radius 2 is 1.62 bits per heavy atom. The van der Waals surface area contributed by atoms with E-state index in [1.807, 2.05) is 0 Å². The second kappa shape index (κ2) is 2.71. The maximum atomic E-state index is 12.4. The summed E-state index contributed by atoms with van der Waals surface area (Å²) in [5.74, 6) is -2.05. The molecule has 1 rings (SSSR count). The van der Waals surface area contributed by atoms with Gasteiger partial charge < -0.3 is 4.98 Å². The fourth-order valence-electron chi connectivity index (χ4n) is 0.666. The van der Waals surface area contributed by atoms with Gasteiger partial charge in [-0.05, 0) is 0 Å². The van der Waals surface area contributed by atoms with Crippen molar-refractivity contribution in [3.05, 3.63) is 32.3 Å². The highest BCUT2D eigenvalue weighted by Gasteiger charge is 2.36. The van der Waals surface area contributed by atoms with E-state index in [0.717, 1.165) is 4.98 Å². The maximum absolute atomic E-state index is 12.4. The van der Waals surface area contributed by atoms with E-state index in [9.17, 15) is 27.2 Å². The lowest BCUT2D eigenvalue weighted by atomic mass is 10.4. The first-order valence-electron chi connectivity index (χ1n) is 2.91. The van der Waals surface area contributed by atoms with Crippen molar-refractivity contribution in [1.82, 2.24) is 9.97 Å². The summed E-state index contributed by atoms with van der Waals surface area (Å²) < 4.78 is 48.0. The summed E-state index contributed by atoms with van der Waals surface area (Å²) in [6.07, 6.45) is -5.09. The summed E-state index contributed by atoms with van der Waals surface area (Å²) in [6, 6.07) is 0. The SMILES string of the molecule is O=c1[nH]c(C(F)(F)F)c(F)c(=O)[nH]1. The maximum Gasteiger partial charge on any atom is 0.434 e. The molecule has 0 aromatic carbocycles. The lowest BCUT2D eigenvalue weighted by Gasteiger charge is -2.04. The first-order chi connectivity index (χ1) is 5.82. The minimum Gasteiger partial charge on any atom is -0.301 e. The van der Waals surface area contributed by atoms with Gasteiger partial charge in [0, 0.05) is 0 Å². The Hall–Kier alpha value is -1.60. The van der Waals surface area contributed by atoms with Crippen molar-refractivity contribution < 1.29 is 17.6 Å². The molecule has 0 radical (unpaired) electrons. The third-order valence-corrected chi connectivity index (χ3v) is 1.17. The summed E-state index contributed by atoms with van der Waals surface area (Å²) >= 11 is 0. The van der Waals surface area contributed by atoms with Gasteiger partial charge in [-0.15, -0.1) is 0 Å². The first kappa shape index (κ1) is 9.49. The van der Waals surface area contributed by atoms with Crippen LogP contribution in [0.2, 0.25) is 0 Å². The number of halogens is 4. The third kappa shape index (κ3) is 1.76. The van der Waals surface area contributed by atoms with Crippen LogP contribution < -0.4 is 11.2 Å². The molecule has 0 saturated carbocycles. The van der Waals surface area contributed by atoms with Crippen LogP contribution in [-0.4, -0.2) is 9.97 Å². The van der Waals surface area contributed by atoms with Crippen LogP contribution in [0.4, 0.5) is 17.6 Å². The molecule has 0 saturated heterocycles. The van der Waals surface area contributed by atoms with Crippen LogP contribution in [0, 0.1) is 5.82 Å². The molecule has 1 aromatic rings. The zero-order valence-corrected chi connectivity index (χ0v) is 5.83. The number of H-pyrrole nitrogens is 2. The predicted molar refractivity (Wildman–Crippen MR) is 32.6 cm³/mol. The van der Waals surface area contributed by atoms with Gasteiger partial charge in [-0.1, -0.05) is 0 Å². The minimum atomic E-state index is -5.09. The molecule has 4 nitrogen and oxygen atoms in total. The van der Waals surface area contributed by atoms with E-state index in [-0.39, 0.29) is 0 Å². The Kier molecular flexibility index (Phi) is 1.98. The Bertz CT molecular complexity index is 429. The second-order valence-corrected chi connectivity index (χ2v) is 2.09. The molecule has 0 aliphatic rings. The molecule has 0 unspecified atom stereocenters. The van der Waals surface area contributed by atoms with Crippen LogP contribution in [0.3, 0.4) is 0 Å². The topological polar surface area (TPSA) is 65.7 Å². The summed E-state index contributed by atoms with van der Waals surface area (Å²) in [7, 11) is 0. The van der Waals surface area contributed by atoms with E-state index in [1.165, 1.54) is 4.98 Å². The van der Waals surface area contributed by atoms with Gasteiger partial charge in [0.15, 0.2) is 5.69 Å². The van der Waals surface area contributed by atoms with E-state index in [1.54, 1.807) is 0 Å². The summed E-state index contributed by atoms with van der Waals surface area (Å²) in [6.45, 7) is 0. The molecule has 0 spiro atoms. The van der Waals surface area contributed by atoms with E-state index in [4.69, 9.17) is 0 Å². The average Bonchev–Trinajstić information content (AvgIpc) is 1.94. The van der Waals surface area contributed by atoms with Gasteiger partial charge >= 0.3 is 11.9 Å². The standard InChI is InChI=1S/C5H2F4N2O2/c6-1-2(5(7,8)9)10-4(13)11-3(1)12/h(H2,10,11,12,13). The average molecular weight is 198 g/mol. The van der Waals surface area contributed by atoms with Gasteiger partial charge in [0.25, 0.3) is 5.56 Å². The molecule has 0 amide bonds. The molecule has 2 N–H and O–H groups in total. The Morgan fingerprint density at radius 1 is 1.08 bits per heavy atom. The Balaban J connectivity index is 3.56. The predicted octanol–water partition coefficient (Wildman–Crippen LogP) is 0.221. The molecule has 0 atom stereocenters. The quantitative estimate of drug-likeness (QED) is 0.585. The highest BCUT2D eigenvalue weighted by Crippen LogP contribution is 2.27. The molecule has 0 fully saturated rings. The highest BCUT2D eigenvalue weighted by atomic mass is 19.4. The highest BCUT2D eigenvalue weighted by molar-refractivity contribution is 5.06. The van der Waals surface area contributed by atoms with E-state index < -0.39 is 28.9 Å². The summed E-state index contributed by atoms with van der Waals surface area (Å²) in [5.41, 5.74) is -5.07. The van der Waals surface area contributed by atoms with Gasteiger partial charge in [0.05, 0.1) is 0 Å². The lowest BCUT2D eigenvalue weighted by Crippen LogP contribution is -2.30.